The molecule has 1 unspecified atom stereocenters. The molecule has 5 heterocycles. The van der Waals surface area contributed by atoms with Crippen LogP contribution in [0.1, 0.15) is 30.1 Å². The van der Waals surface area contributed by atoms with Crippen LogP contribution in [0.15, 0.2) is 51.2 Å². The van der Waals surface area contributed by atoms with Gasteiger partial charge >= 0.3 is 5.69 Å². The fourth-order valence-electron chi connectivity index (χ4n) is 3.95. The first kappa shape index (κ1) is 25.0. The smallest absolute Gasteiger partial charge is 0.332 e. The van der Waals surface area contributed by atoms with Crippen molar-refractivity contribution < 1.29 is 9.32 Å². The molecule has 0 bridgehead atoms. The van der Waals surface area contributed by atoms with E-state index in [0.29, 0.717) is 33.4 Å². The van der Waals surface area contributed by atoms with E-state index in [4.69, 9.17) is 16.1 Å². The number of aromatic nitrogens is 8. The van der Waals surface area contributed by atoms with Gasteiger partial charge in [-0.3, -0.25) is 28.7 Å². The van der Waals surface area contributed by atoms with Crippen LogP contribution >= 0.6 is 11.6 Å². The minimum absolute atomic E-state index is 0.0925. The summed E-state index contributed by atoms with van der Waals surface area (Å²) in [5.41, 5.74) is 1.28. The summed E-state index contributed by atoms with van der Waals surface area (Å²) in [5, 5.41) is 7.07. The number of aryl methyl sites for hydroxylation is 3. The zero-order valence-corrected chi connectivity index (χ0v) is 21.6. The number of fused-ring (bicyclic) bond motifs is 1. The summed E-state index contributed by atoms with van der Waals surface area (Å²) in [6.45, 7) is 5.01. The van der Waals surface area contributed by atoms with Gasteiger partial charge in [0.2, 0.25) is 5.91 Å². The Kier molecular flexibility index (Phi) is 6.36. The van der Waals surface area contributed by atoms with Crippen molar-refractivity contribution in [1.82, 2.24) is 38.8 Å². The van der Waals surface area contributed by atoms with E-state index in [9.17, 15) is 14.4 Å². The Balaban J connectivity index is 1.46. The number of rotatable bonds is 6. The lowest BCUT2D eigenvalue weighted by molar-refractivity contribution is -0.118. The molecule has 5 rings (SSSR count). The highest BCUT2D eigenvalue weighted by Gasteiger charge is 2.23. The average Bonchev–Trinajstić information content (AvgIpc) is 3.53. The lowest BCUT2D eigenvalue weighted by Crippen LogP contribution is -2.40. The number of hydrogen-bond acceptors (Lipinski definition) is 9. The second-order valence-electron chi connectivity index (χ2n) is 8.73. The predicted molar refractivity (Wildman–Crippen MR) is 138 cm³/mol. The molecule has 1 amide bonds. The lowest BCUT2D eigenvalue weighted by Gasteiger charge is -2.15. The van der Waals surface area contributed by atoms with E-state index in [1.165, 1.54) is 34.9 Å². The van der Waals surface area contributed by atoms with E-state index in [1.54, 1.807) is 39.1 Å². The first-order valence-electron chi connectivity index (χ1n) is 11.5. The molecule has 5 aromatic rings. The summed E-state index contributed by atoms with van der Waals surface area (Å²) in [4.78, 5) is 56.5. The molecule has 14 heteroatoms. The van der Waals surface area contributed by atoms with Gasteiger partial charge in [-0.2, -0.15) is 0 Å². The number of anilines is 1. The molecule has 0 radical (unpaired) electrons. The van der Waals surface area contributed by atoms with E-state index in [0.717, 1.165) is 4.57 Å². The summed E-state index contributed by atoms with van der Waals surface area (Å²) in [7, 11) is 1.50. The van der Waals surface area contributed by atoms with Gasteiger partial charge in [-0.1, -0.05) is 16.8 Å². The van der Waals surface area contributed by atoms with Crippen molar-refractivity contribution in [1.29, 1.82) is 0 Å². The van der Waals surface area contributed by atoms with Crippen LogP contribution in [0.4, 0.5) is 5.82 Å². The maximum Gasteiger partial charge on any atom is 0.332 e. The van der Waals surface area contributed by atoms with Crippen LogP contribution in [0.2, 0.25) is 5.02 Å². The van der Waals surface area contributed by atoms with Crippen molar-refractivity contribution >= 4 is 34.5 Å². The third-order valence-corrected chi connectivity index (χ3v) is 6.44. The normalized spacial score (nSPS) is 12.1. The van der Waals surface area contributed by atoms with Gasteiger partial charge < -0.3 is 14.4 Å². The van der Waals surface area contributed by atoms with Crippen molar-refractivity contribution in [3.8, 4) is 11.3 Å². The van der Waals surface area contributed by atoms with E-state index in [2.05, 4.69) is 30.4 Å². The number of nitrogens with zero attached hydrogens (tertiary/aromatic N) is 8. The maximum atomic E-state index is 13.4. The van der Waals surface area contributed by atoms with Gasteiger partial charge in [0, 0.05) is 24.9 Å². The standard InChI is InChI=1S/C24H22ClN9O4/c1-12-5-16(31-38-12)10-33-23(36)20-21(32(4)24(33)37)28-11-34(20)14(3)22(35)30-19-9-26-8-18(29-19)15-6-17(25)13(2)27-7-15/h5-9,11,14H,10H2,1-4H3,(H,29,30,35). The van der Waals surface area contributed by atoms with Gasteiger partial charge in [0.25, 0.3) is 5.56 Å². The number of imidazole rings is 1. The highest BCUT2D eigenvalue weighted by atomic mass is 35.5. The fraction of sp³-hybridized carbons (Fsp3) is 0.250. The monoisotopic (exact) mass is 535 g/mol. The van der Waals surface area contributed by atoms with Gasteiger partial charge in [0.05, 0.1) is 41.7 Å². The Morgan fingerprint density at radius 3 is 2.66 bits per heavy atom. The van der Waals surface area contributed by atoms with Crippen molar-refractivity contribution in [2.75, 3.05) is 5.32 Å². The van der Waals surface area contributed by atoms with E-state index < -0.39 is 23.2 Å². The number of hydrogen-bond donors (Lipinski definition) is 1. The Morgan fingerprint density at radius 1 is 1.16 bits per heavy atom. The van der Waals surface area contributed by atoms with Crippen LogP contribution in [0.25, 0.3) is 22.4 Å². The summed E-state index contributed by atoms with van der Waals surface area (Å²) >= 11 is 6.18. The average molecular weight is 536 g/mol. The molecule has 0 aromatic carbocycles. The third kappa shape index (κ3) is 4.47. The fourth-order valence-corrected chi connectivity index (χ4v) is 4.11. The van der Waals surface area contributed by atoms with Gasteiger partial charge in [0.1, 0.15) is 17.5 Å². The van der Waals surface area contributed by atoms with Gasteiger partial charge in [-0.25, -0.2) is 14.8 Å². The molecule has 1 atom stereocenters. The summed E-state index contributed by atoms with van der Waals surface area (Å²) < 4.78 is 8.74. The van der Waals surface area contributed by atoms with Gasteiger partial charge in [-0.15, -0.1) is 0 Å². The zero-order valence-electron chi connectivity index (χ0n) is 20.8. The lowest BCUT2D eigenvalue weighted by atomic mass is 10.2. The van der Waals surface area contributed by atoms with E-state index >= 15 is 0 Å². The molecular formula is C24H22ClN9O4. The minimum Gasteiger partial charge on any atom is -0.361 e. The van der Waals surface area contributed by atoms with Crippen molar-refractivity contribution in [3.05, 3.63) is 80.1 Å². The number of amides is 1. The molecule has 194 valence electrons. The Bertz CT molecular complexity index is 1820. The summed E-state index contributed by atoms with van der Waals surface area (Å²) in [6, 6.07) is 2.48. The third-order valence-electron chi connectivity index (χ3n) is 6.06. The Morgan fingerprint density at radius 2 is 1.95 bits per heavy atom. The number of nitrogens with one attached hydrogen (secondary N) is 1. The maximum absolute atomic E-state index is 13.4. The molecule has 0 fully saturated rings. The molecular weight excluding hydrogens is 514 g/mol. The van der Waals surface area contributed by atoms with Crippen molar-refractivity contribution in [2.24, 2.45) is 7.05 Å². The SMILES string of the molecule is Cc1cc(Cn2c(=O)c3c(ncn3C(C)C(=O)Nc3cncc(-c4cnc(C)c(Cl)c4)n3)n(C)c2=O)no1. The second kappa shape index (κ2) is 9.67. The van der Waals surface area contributed by atoms with Crippen molar-refractivity contribution in [3.63, 3.8) is 0 Å². The Hall–Kier alpha value is -4.65. The molecule has 0 spiro atoms. The topological polar surface area (TPSA) is 156 Å². The van der Waals surface area contributed by atoms with Crippen molar-refractivity contribution in [2.45, 2.75) is 33.4 Å². The molecule has 38 heavy (non-hydrogen) atoms. The molecule has 0 aliphatic rings. The molecule has 0 saturated heterocycles. The number of carbonyl (C=O) groups excluding carboxylic acids is 1. The number of pyridine rings is 1. The highest BCUT2D eigenvalue weighted by molar-refractivity contribution is 6.31. The van der Waals surface area contributed by atoms with E-state index in [1.807, 2.05) is 0 Å². The first-order chi connectivity index (χ1) is 18.1. The van der Waals surface area contributed by atoms with Crippen LogP contribution in [0.3, 0.4) is 0 Å². The number of halogens is 1. The molecule has 5 aromatic heterocycles. The highest BCUT2D eigenvalue weighted by Crippen LogP contribution is 2.23. The summed E-state index contributed by atoms with van der Waals surface area (Å²) in [6.07, 6.45) is 5.90. The van der Waals surface area contributed by atoms with Crippen LogP contribution in [0.5, 0.6) is 0 Å². The largest absolute Gasteiger partial charge is 0.361 e. The zero-order chi connectivity index (χ0) is 27.1. The molecule has 13 nitrogen and oxygen atoms in total. The first-order valence-corrected chi connectivity index (χ1v) is 11.9. The predicted octanol–water partition coefficient (Wildman–Crippen LogP) is 2.25. The summed E-state index contributed by atoms with van der Waals surface area (Å²) in [5.74, 6) is 0.282. The molecule has 0 saturated carbocycles. The van der Waals surface area contributed by atoms with Crippen LogP contribution in [-0.2, 0) is 18.4 Å². The van der Waals surface area contributed by atoms with Crippen LogP contribution < -0.4 is 16.6 Å². The molecule has 0 aliphatic carbocycles. The molecule has 1 N–H and O–H groups in total. The molecule has 0 aliphatic heterocycles. The van der Waals surface area contributed by atoms with E-state index in [-0.39, 0.29) is 23.5 Å². The quantitative estimate of drug-likeness (QED) is 0.344. The minimum atomic E-state index is -0.881. The van der Waals surface area contributed by atoms with Gasteiger partial charge in [-0.05, 0) is 26.8 Å². The Labute approximate surface area is 219 Å². The van der Waals surface area contributed by atoms with Gasteiger partial charge in [0.15, 0.2) is 17.0 Å². The second-order valence-corrected chi connectivity index (χ2v) is 9.14. The van der Waals surface area contributed by atoms with Crippen LogP contribution in [-0.4, -0.2) is 44.7 Å². The number of carbonyl (C=O) groups is 1. The van der Waals surface area contributed by atoms with Crippen LogP contribution in [0, 0.1) is 13.8 Å².